The molecule has 0 nitrogen and oxygen atoms in total. The van der Waals surface area contributed by atoms with Gasteiger partial charge in [0.05, 0.1) is 5.03 Å². The molecule has 0 fully saturated rings. The Hall–Kier alpha value is 0.370. The molecule has 0 saturated carbocycles. The molecule has 0 aromatic carbocycles. The lowest BCUT2D eigenvalue weighted by Crippen LogP contribution is -2.06. The summed E-state index contributed by atoms with van der Waals surface area (Å²) >= 11 is 7.45. The number of hydrogen-bond donors (Lipinski definition) is 0. The Morgan fingerprint density at radius 2 is 2.00 bits per heavy atom. The van der Waals surface area contributed by atoms with Crippen LogP contribution < -0.4 is 0 Å². The highest BCUT2D eigenvalue weighted by atomic mass is 79.9. The second kappa shape index (κ2) is 3.67. The summed E-state index contributed by atoms with van der Waals surface area (Å²) in [4.78, 5) is -3.06. The number of rotatable bonds is 2. The van der Waals surface area contributed by atoms with Crippen LogP contribution in [0.1, 0.15) is 20.3 Å². The summed E-state index contributed by atoms with van der Waals surface area (Å²) in [5.41, 5.74) is 0.503. The maximum atomic E-state index is 12.3. The molecule has 0 aliphatic rings. The molecule has 0 aliphatic heterocycles. The van der Waals surface area contributed by atoms with Gasteiger partial charge in [-0.1, -0.05) is 24.1 Å². The van der Waals surface area contributed by atoms with Crippen molar-refractivity contribution in [2.24, 2.45) is 0 Å². The van der Waals surface area contributed by atoms with Crippen LogP contribution in [-0.2, 0) is 0 Å². The van der Waals surface area contributed by atoms with E-state index in [9.17, 15) is 8.78 Å². The number of alkyl halides is 3. The molecule has 0 amide bonds. The molecule has 0 radical (unpaired) electrons. The lowest BCUT2D eigenvalue weighted by molar-refractivity contribution is 0.164. The van der Waals surface area contributed by atoms with Crippen molar-refractivity contribution >= 4 is 27.5 Å². The Labute approximate surface area is 72.4 Å². The summed E-state index contributed by atoms with van der Waals surface area (Å²) in [7, 11) is 0. The smallest absolute Gasteiger partial charge is 0.187 e. The molecule has 0 bridgehead atoms. The Bertz CT molecular complexity index is 148. The molecular weight excluding hydrogens is 225 g/mol. The normalized spacial score (nSPS) is 15.0. The second-order valence-corrected chi connectivity index (χ2v) is 3.32. The average Bonchev–Trinajstić information content (AvgIpc) is 1.83. The first kappa shape index (κ1) is 10.4. The van der Waals surface area contributed by atoms with Crippen LogP contribution in [0.4, 0.5) is 8.78 Å². The zero-order valence-electron chi connectivity index (χ0n) is 5.72. The van der Waals surface area contributed by atoms with Crippen molar-refractivity contribution in [3.05, 3.63) is 10.6 Å². The predicted molar refractivity (Wildman–Crippen MR) is 42.7 cm³/mol. The van der Waals surface area contributed by atoms with Crippen LogP contribution in [0.25, 0.3) is 0 Å². The van der Waals surface area contributed by atoms with E-state index in [1.54, 1.807) is 13.8 Å². The maximum Gasteiger partial charge on any atom is 0.336 e. The lowest BCUT2D eigenvalue weighted by Gasteiger charge is -2.08. The number of allylic oxidation sites excluding steroid dienone is 2. The van der Waals surface area contributed by atoms with E-state index < -0.39 is 9.86 Å². The summed E-state index contributed by atoms with van der Waals surface area (Å²) in [5.74, 6) is 0. The summed E-state index contributed by atoms with van der Waals surface area (Å²) in [5, 5.41) is -0.407. The highest BCUT2D eigenvalue weighted by molar-refractivity contribution is 9.10. The fourth-order valence-electron chi connectivity index (χ4n) is 0.397. The van der Waals surface area contributed by atoms with Crippen LogP contribution in [0, 0.1) is 0 Å². The number of halogens is 4. The highest BCUT2D eigenvalue weighted by Crippen LogP contribution is 2.36. The molecule has 0 saturated heterocycles. The topological polar surface area (TPSA) is 0 Å². The van der Waals surface area contributed by atoms with E-state index in [2.05, 4.69) is 15.9 Å². The third-order valence-electron chi connectivity index (χ3n) is 1.15. The van der Waals surface area contributed by atoms with Crippen LogP contribution in [0.5, 0.6) is 0 Å². The van der Waals surface area contributed by atoms with Gasteiger partial charge in [0.15, 0.2) is 0 Å². The molecule has 0 aliphatic carbocycles. The monoisotopic (exact) mass is 232 g/mol. The van der Waals surface area contributed by atoms with Gasteiger partial charge >= 0.3 is 4.83 Å². The minimum Gasteiger partial charge on any atom is -0.187 e. The average molecular weight is 233 g/mol. The van der Waals surface area contributed by atoms with Crippen LogP contribution in [-0.4, -0.2) is 4.83 Å². The van der Waals surface area contributed by atoms with E-state index in [4.69, 9.17) is 11.6 Å². The summed E-state index contributed by atoms with van der Waals surface area (Å²) in [6.07, 6.45) is 0.542. The highest BCUT2D eigenvalue weighted by Gasteiger charge is 2.29. The largest absolute Gasteiger partial charge is 0.336 e. The maximum absolute atomic E-state index is 12.3. The van der Waals surface area contributed by atoms with Gasteiger partial charge in [0.1, 0.15) is 0 Å². The molecule has 4 heteroatoms. The Morgan fingerprint density at radius 1 is 1.60 bits per heavy atom. The van der Waals surface area contributed by atoms with Crippen LogP contribution in [0.15, 0.2) is 10.6 Å². The first-order chi connectivity index (χ1) is 4.39. The Morgan fingerprint density at radius 3 is 2.10 bits per heavy atom. The summed E-state index contributed by atoms with van der Waals surface area (Å²) in [6.45, 7) is 3.36. The van der Waals surface area contributed by atoms with Crippen molar-refractivity contribution in [3.63, 3.8) is 0 Å². The van der Waals surface area contributed by atoms with Gasteiger partial charge in [-0.05, 0) is 29.3 Å². The standard InChI is InChI=1S/C6H8BrClF2/c1-3-4(2)5(8)6(7,9)10/h3H2,1-2H3. The molecule has 0 heterocycles. The van der Waals surface area contributed by atoms with E-state index in [-0.39, 0.29) is 0 Å². The molecule has 0 aromatic heterocycles. The SMILES string of the molecule is CCC(C)=C(Cl)C(F)(F)Br. The minimum absolute atomic E-state index is 0.407. The van der Waals surface area contributed by atoms with Gasteiger partial charge in [-0.25, -0.2) is 0 Å². The van der Waals surface area contributed by atoms with Crippen molar-refractivity contribution < 1.29 is 8.78 Å². The Balaban J connectivity index is 4.47. The molecule has 0 aromatic rings. The zero-order chi connectivity index (χ0) is 8.36. The molecular formula is C6H8BrClF2. The first-order valence-electron chi connectivity index (χ1n) is 2.82. The van der Waals surface area contributed by atoms with Gasteiger partial charge in [-0.15, -0.1) is 0 Å². The van der Waals surface area contributed by atoms with Crippen molar-refractivity contribution in [1.82, 2.24) is 0 Å². The van der Waals surface area contributed by atoms with Crippen molar-refractivity contribution in [2.45, 2.75) is 25.1 Å². The third kappa shape index (κ3) is 2.97. The third-order valence-corrected chi connectivity index (χ3v) is 2.34. The van der Waals surface area contributed by atoms with Crippen LogP contribution in [0.2, 0.25) is 0 Å². The van der Waals surface area contributed by atoms with E-state index in [1.165, 1.54) is 0 Å². The zero-order valence-corrected chi connectivity index (χ0v) is 8.06. The quantitative estimate of drug-likeness (QED) is 0.635. The van der Waals surface area contributed by atoms with E-state index in [1.807, 2.05) is 0 Å². The van der Waals surface area contributed by atoms with Crippen LogP contribution >= 0.6 is 27.5 Å². The first-order valence-corrected chi connectivity index (χ1v) is 3.99. The fourth-order valence-corrected chi connectivity index (χ4v) is 0.869. The fraction of sp³-hybridized carbons (Fsp3) is 0.667. The van der Waals surface area contributed by atoms with Crippen molar-refractivity contribution in [1.29, 1.82) is 0 Å². The Kier molecular flexibility index (Phi) is 3.81. The molecule has 0 rings (SSSR count). The lowest BCUT2D eigenvalue weighted by atomic mass is 10.2. The van der Waals surface area contributed by atoms with Crippen molar-refractivity contribution in [3.8, 4) is 0 Å². The molecule has 0 spiro atoms. The van der Waals surface area contributed by atoms with Gasteiger partial charge in [0.2, 0.25) is 0 Å². The molecule has 0 atom stereocenters. The van der Waals surface area contributed by atoms with Crippen LogP contribution in [0.3, 0.4) is 0 Å². The van der Waals surface area contributed by atoms with Crippen molar-refractivity contribution in [2.75, 3.05) is 0 Å². The molecule has 60 valence electrons. The van der Waals surface area contributed by atoms with Gasteiger partial charge in [0, 0.05) is 0 Å². The van der Waals surface area contributed by atoms with Gasteiger partial charge in [-0.2, -0.15) is 8.78 Å². The van der Waals surface area contributed by atoms with E-state index in [0.717, 1.165) is 0 Å². The molecule has 0 N–H and O–H groups in total. The van der Waals surface area contributed by atoms with E-state index in [0.29, 0.717) is 12.0 Å². The number of hydrogen-bond acceptors (Lipinski definition) is 0. The predicted octanol–water partition coefficient (Wildman–Crippen LogP) is 3.90. The van der Waals surface area contributed by atoms with Gasteiger partial charge in [-0.3, -0.25) is 0 Å². The molecule has 10 heavy (non-hydrogen) atoms. The summed E-state index contributed by atoms with van der Waals surface area (Å²) in [6, 6.07) is 0. The minimum atomic E-state index is -3.06. The van der Waals surface area contributed by atoms with E-state index >= 15 is 0 Å². The second-order valence-electron chi connectivity index (χ2n) is 1.95. The van der Waals surface area contributed by atoms with Gasteiger partial charge < -0.3 is 0 Å². The van der Waals surface area contributed by atoms with Gasteiger partial charge in [0.25, 0.3) is 0 Å². The summed E-state index contributed by atoms with van der Waals surface area (Å²) < 4.78 is 24.6. The molecule has 0 unspecified atom stereocenters.